The van der Waals surface area contributed by atoms with Crippen LogP contribution < -0.4 is 5.73 Å². The lowest BCUT2D eigenvalue weighted by atomic mass is 10.1. The Kier molecular flexibility index (Phi) is 6.86. The molecule has 0 aliphatic heterocycles. The van der Waals surface area contributed by atoms with Crippen LogP contribution in [0.3, 0.4) is 0 Å². The maximum absolute atomic E-state index is 6.00. The van der Waals surface area contributed by atoms with E-state index in [1.54, 1.807) is 0 Å². The third-order valence-corrected chi connectivity index (χ3v) is 3.94. The highest BCUT2D eigenvalue weighted by molar-refractivity contribution is 7.10. The summed E-state index contributed by atoms with van der Waals surface area (Å²) in [6.07, 6.45) is 0. The highest BCUT2D eigenvalue weighted by atomic mass is 32.1. The van der Waals surface area contributed by atoms with Gasteiger partial charge in [0.2, 0.25) is 0 Å². The molecule has 1 heterocycles. The molecule has 1 rings (SSSR count). The van der Waals surface area contributed by atoms with Crippen molar-refractivity contribution in [2.24, 2.45) is 11.7 Å². The van der Waals surface area contributed by atoms with Crippen LogP contribution in [0.25, 0.3) is 0 Å². The first-order chi connectivity index (χ1) is 8.54. The van der Waals surface area contributed by atoms with E-state index in [1.165, 1.54) is 4.88 Å². The number of nitrogens with zero attached hydrogens (tertiary/aromatic N) is 2. The topological polar surface area (TPSA) is 32.5 Å². The van der Waals surface area contributed by atoms with E-state index >= 15 is 0 Å². The maximum Gasteiger partial charge on any atom is 0.0564 e. The fourth-order valence-corrected chi connectivity index (χ4v) is 2.97. The van der Waals surface area contributed by atoms with Crippen LogP contribution >= 0.6 is 11.3 Å². The Morgan fingerprint density at radius 3 is 2.44 bits per heavy atom. The quantitative estimate of drug-likeness (QED) is 0.786. The second-order valence-electron chi connectivity index (χ2n) is 5.46. The van der Waals surface area contributed by atoms with Gasteiger partial charge < -0.3 is 10.6 Å². The zero-order valence-corrected chi connectivity index (χ0v) is 12.9. The summed E-state index contributed by atoms with van der Waals surface area (Å²) in [5.74, 6) is 0.668. The van der Waals surface area contributed by atoms with Gasteiger partial charge in [0.1, 0.15) is 0 Å². The van der Waals surface area contributed by atoms with Gasteiger partial charge in [0, 0.05) is 31.1 Å². The van der Waals surface area contributed by atoms with Crippen LogP contribution in [0.15, 0.2) is 17.5 Å². The van der Waals surface area contributed by atoms with E-state index in [4.69, 9.17) is 5.73 Å². The van der Waals surface area contributed by atoms with E-state index in [0.717, 1.165) is 19.6 Å². The predicted molar refractivity (Wildman–Crippen MR) is 81.1 cm³/mol. The number of hydrogen-bond acceptors (Lipinski definition) is 4. The molecule has 3 nitrogen and oxygen atoms in total. The van der Waals surface area contributed by atoms with Gasteiger partial charge in [0.15, 0.2) is 0 Å². The summed E-state index contributed by atoms with van der Waals surface area (Å²) in [5.41, 5.74) is 6.00. The molecule has 1 aromatic rings. The molecule has 0 saturated heterocycles. The fraction of sp³-hybridized carbons (Fsp3) is 0.714. The van der Waals surface area contributed by atoms with E-state index in [1.807, 2.05) is 11.3 Å². The molecule has 0 aromatic carbocycles. The summed E-state index contributed by atoms with van der Waals surface area (Å²) >= 11 is 1.81. The van der Waals surface area contributed by atoms with Gasteiger partial charge in [-0.25, -0.2) is 0 Å². The van der Waals surface area contributed by atoms with Gasteiger partial charge in [-0.05, 0) is 31.5 Å². The monoisotopic (exact) mass is 269 g/mol. The predicted octanol–water partition coefficient (Wildman–Crippen LogP) is 2.27. The van der Waals surface area contributed by atoms with Crippen LogP contribution in [0.2, 0.25) is 0 Å². The van der Waals surface area contributed by atoms with Crippen molar-refractivity contribution in [1.82, 2.24) is 9.80 Å². The zero-order valence-electron chi connectivity index (χ0n) is 12.1. The van der Waals surface area contributed by atoms with Crippen LogP contribution in [0, 0.1) is 5.92 Å². The minimum atomic E-state index is 0.368. The molecule has 0 amide bonds. The maximum atomic E-state index is 6.00. The number of nitrogens with two attached hydrogens (primary N) is 1. The van der Waals surface area contributed by atoms with Gasteiger partial charge >= 0.3 is 0 Å². The molecule has 0 fully saturated rings. The second kappa shape index (κ2) is 7.89. The van der Waals surface area contributed by atoms with E-state index in [0.29, 0.717) is 18.5 Å². The first-order valence-electron chi connectivity index (χ1n) is 6.66. The highest BCUT2D eigenvalue weighted by Gasteiger charge is 2.20. The molecule has 0 bridgehead atoms. The van der Waals surface area contributed by atoms with Gasteiger partial charge in [-0.3, -0.25) is 4.90 Å². The molecule has 18 heavy (non-hydrogen) atoms. The summed E-state index contributed by atoms with van der Waals surface area (Å²) in [6, 6.07) is 4.68. The summed E-state index contributed by atoms with van der Waals surface area (Å²) in [4.78, 5) is 6.14. The molecule has 0 aliphatic rings. The van der Waals surface area contributed by atoms with Crippen LogP contribution in [0.1, 0.15) is 24.8 Å². The third-order valence-electron chi connectivity index (χ3n) is 2.97. The van der Waals surface area contributed by atoms with Crippen molar-refractivity contribution in [3.8, 4) is 0 Å². The number of rotatable bonds is 8. The molecular formula is C14H27N3S. The highest BCUT2D eigenvalue weighted by Crippen LogP contribution is 2.24. The molecule has 1 aromatic heterocycles. The molecule has 1 atom stereocenters. The number of hydrogen-bond donors (Lipinski definition) is 1. The van der Waals surface area contributed by atoms with E-state index in [9.17, 15) is 0 Å². The Morgan fingerprint density at radius 2 is 2.00 bits per heavy atom. The van der Waals surface area contributed by atoms with Gasteiger partial charge in [-0.1, -0.05) is 19.9 Å². The van der Waals surface area contributed by atoms with Crippen molar-refractivity contribution in [2.75, 3.05) is 40.3 Å². The molecule has 0 spiro atoms. The fourth-order valence-electron chi connectivity index (χ4n) is 2.10. The Bertz CT molecular complexity index is 309. The van der Waals surface area contributed by atoms with Crippen molar-refractivity contribution >= 4 is 11.3 Å². The standard InChI is InChI=1S/C14H27N3S/c1-12(2)11-17(8-7-16(3)4)13(10-15)14-6-5-9-18-14/h5-6,9,12-13H,7-8,10-11,15H2,1-4H3. The summed E-state index contributed by atoms with van der Waals surface area (Å²) < 4.78 is 0. The Balaban J connectivity index is 2.72. The van der Waals surface area contributed by atoms with Gasteiger partial charge in [0.05, 0.1) is 6.04 Å². The van der Waals surface area contributed by atoms with Crippen molar-refractivity contribution in [2.45, 2.75) is 19.9 Å². The third kappa shape index (κ3) is 5.06. The summed E-state index contributed by atoms with van der Waals surface area (Å²) in [7, 11) is 4.24. The molecule has 104 valence electrons. The molecular weight excluding hydrogens is 242 g/mol. The lowest BCUT2D eigenvalue weighted by molar-refractivity contribution is 0.166. The Hall–Kier alpha value is -0.420. The normalized spacial score (nSPS) is 13.8. The van der Waals surface area contributed by atoms with Crippen molar-refractivity contribution < 1.29 is 0 Å². The van der Waals surface area contributed by atoms with Crippen molar-refractivity contribution in [1.29, 1.82) is 0 Å². The second-order valence-corrected chi connectivity index (χ2v) is 6.44. The molecule has 0 radical (unpaired) electrons. The first kappa shape index (κ1) is 15.6. The molecule has 4 heteroatoms. The molecule has 1 unspecified atom stereocenters. The molecule has 2 N–H and O–H groups in total. The lowest BCUT2D eigenvalue weighted by Gasteiger charge is -2.32. The smallest absolute Gasteiger partial charge is 0.0564 e. The average molecular weight is 269 g/mol. The van der Waals surface area contributed by atoms with Crippen molar-refractivity contribution in [3.05, 3.63) is 22.4 Å². The number of thiophene rings is 1. The zero-order chi connectivity index (χ0) is 13.5. The first-order valence-corrected chi connectivity index (χ1v) is 7.54. The van der Waals surface area contributed by atoms with Gasteiger partial charge in [0.25, 0.3) is 0 Å². The Labute approximate surface area is 116 Å². The van der Waals surface area contributed by atoms with Crippen LogP contribution in [0.4, 0.5) is 0 Å². The molecule has 0 aliphatic carbocycles. The SMILES string of the molecule is CC(C)CN(CCN(C)C)C(CN)c1cccs1. The summed E-state index contributed by atoms with van der Waals surface area (Å²) in [6.45, 7) is 8.49. The molecule has 0 saturated carbocycles. The minimum absolute atomic E-state index is 0.368. The van der Waals surface area contributed by atoms with E-state index in [2.05, 4.69) is 55.3 Å². The minimum Gasteiger partial charge on any atom is -0.329 e. The van der Waals surface area contributed by atoms with Crippen LogP contribution in [-0.2, 0) is 0 Å². The Morgan fingerprint density at radius 1 is 1.28 bits per heavy atom. The largest absolute Gasteiger partial charge is 0.329 e. The van der Waals surface area contributed by atoms with Crippen molar-refractivity contribution in [3.63, 3.8) is 0 Å². The van der Waals surface area contributed by atoms with E-state index < -0.39 is 0 Å². The lowest BCUT2D eigenvalue weighted by Crippen LogP contribution is -2.39. The number of likely N-dealkylation sites (N-methyl/N-ethyl adjacent to an activating group) is 1. The van der Waals surface area contributed by atoms with Crippen LogP contribution in [0.5, 0.6) is 0 Å². The average Bonchev–Trinajstić information content (AvgIpc) is 2.79. The summed E-state index contributed by atoms with van der Waals surface area (Å²) in [5, 5.41) is 2.14. The van der Waals surface area contributed by atoms with E-state index in [-0.39, 0.29) is 0 Å². The van der Waals surface area contributed by atoms with Gasteiger partial charge in [-0.15, -0.1) is 11.3 Å². The van der Waals surface area contributed by atoms with Gasteiger partial charge in [-0.2, -0.15) is 0 Å². The van der Waals surface area contributed by atoms with Crippen LogP contribution in [-0.4, -0.2) is 50.1 Å².